The Bertz CT molecular complexity index is 624. The molecule has 2 aromatic carbocycles. The van der Waals surface area contributed by atoms with Crippen LogP contribution in [0.15, 0.2) is 58.1 Å². The van der Waals surface area contributed by atoms with E-state index in [0.29, 0.717) is 16.9 Å². The van der Waals surface area contributed by atoms with Crippen LogP contribution in [0, 0.1) is 0 Å². The second-order valence-corrected chi connectivity index (χ2v) is 4.68. The van der Waals surface area contributed by atoms with Gasteiger partial charge in [-0.05, 0) is 24.3 Å². The third-order valence-electron chi connectivity index (χ3n) is 2.39. The fraction of sp³-hybridized carbons (Fsp3) is 0. The molecule has 0 aliphatic carbocycles. The van der Waals surface area contributed by atoms with Crippen molar-refractivity contribution in [2.45, 2.75) is 0 Å². The molecule has 0 radical (unpaired) electrons. The molecule has 4 nitrogen and oxygen atoms in total. The van der Waals surface area contributed by atoms with Crippen LogP contribution in [0.5, 0.6) is 5.75 Å². The molecule has 0 atom stereocenters. The van der Waals surface area contributed by atoms with Gasteiger partial charge in [-0.3, -0.25) is 4.79 Å². The summed E-state index contributed by atoms with van der Waals surface area (Å²) in [6.45, 7) is 0. The maximum Gasteiger partial charge on any atom is 0.275 e. The van der Waals surface area contributed by atoms with E-state index in [2.05, 4.69) is 51.4 Å². The Morgan fingerprint density at radius 1 is 1.24 bits per heavy atom. The first-order valence-electron chi connectivity index (χ1n) is 5.66. The molecule has 0 aromatic heterocycles. The van der Waals surface area contributed by atoms with E-state index < -0.39 is 0 Å². The molecule has 0 bridgehead atoms. The zero-order chi connectivity index (χ0) is 15.7. The topological polar surface area (TPSA) is 70.8 Å². The number of nitrogens with zero attached hydrogens (tertiary/aromatic N) is 2. The summed E-state index contributed by atoms with van der Waals surface area (Å²) in [7, 11) is 4.33. The Labute approximate surface area is 143 Å². The Kier molecular flexibility index (Phi) is 8.07. The third-order valence-corrected chi connectivity index (χ3v) is 2.89. The molecule has 0 spiro atoms. The van der Waals surface area contributed by atoms with Crippen LogP contribution in [0.25, 0.3) is 5.43 Å². The largest absolute Gasteiger partial charge is 0.593 e. The molecule has 7 heteroatoms. The molecule has 21 heavy (non-hydrogen) atoms. The smallest absolute Gasteiger partial charge is 0.275 e. The van der Waals surface area contributed by atoms with Crippen LogP contribution in [0.4, 0.5) is 0 Å². The van der Waals surface area contributed by atoms with Gasteiger partial charge in [0.15, 0.2) is 0 Å². The molecule has 0 unspecified atom stereocenters. The van der Waals surface area contributed by atoms with Crippen LogP contribution in [0.2, 0.25) is 0 Å². The molecule has 0 aliphatic heterocycles. The average Bonchev–Trinajstić information content (AvgIpc) is 2.53. The van der Waals surface area contributed by atoms with Gasteiger partial charge < -0.3 is 15.6 Å². The average molecular weight is 415 g/mol. The van der Waals surface area contributed by atoms with Crippen LogP contribution in [-0.4, -0.2) is 22.0 Å². The maximum absolute atomic E-state index is 9.70. The Balaban J connectivity index is 0.00000106. The fourth-order valence-corrected chi connectivity index (χ4v) is 1.81. The van der Waals surface area contributed by atoms with Crippen molar-refractivity contribution in [3.05, 3.63) is 69.6 Å². The van der Waals surface area contributed by atoms with E-state index in [0.717, 1.165) is 4.47 Å². The van der Waals surface area contributed by atoms with Crippen molar-refractivity contribution < 1.29 is 24.7 Å². The number of benzene rings is 2. The number of amides is 1. The minimum Gasteiger partial charge on any atom is -0.593 e. The van der Waals surface area contributed by atoms with E-state index in [-0.39, 0.29) is 5.91 Å². The number of carbonyl (C=O) groups excluding carboxylic acids is 1. The van der Waals surface area contributed by atoms with E-state index >= 15 is 0 Å². The van der Waals surface area contributed by atoms with Gasteiger partial charge in [-0.15, -0.1) is 0 Å². The van der Waals surface area contributed by atoms with E-state index in [4.69, 9.17) is 5.11 Å². The van der Waals surface area contributed by atoms with Crippen molar-refractivity contribution in [3.8, 4) is 5.75 Å². The molecule has 1 amide bonds. The Morgan fingerprint density at radius 3 is 2.57 bits per heavy atom. The Hall–Kier alpha value is -1.34. The first kappa shape index (κ1) is 17.7. The zero-order valence-electron chi connectivity index (χ0n) is 10.6. The second-order valence-electron chi connectivity index (χ2n) is 3.77. The van der Waals surface area contributed by atoms with Crippen molar-refractivity contribution in [1.29, 1.82) is 0 Å². The summed E-state index contributed by atoms with van der Waals surface area (Å²) < 4.78 is 0.862. The summed E-state index contributed by atoms with van der Waals surface area (Å²) in [5.74, 6) is 0.194. The molecule has 111 valence electrons. The van der Waals surface area contributed by atoms with Gasteiger partial charge in [-0.25, -0.2) is 0 Å². The van der Waals surface area contributed by atoms with Gasteiger partial charge in [-0.1, -0.05) is 34.1 Å². The van der Waals surface area contributed by atoms with Gasteiger partial charge in [0.2, 0.25) is 0 Å². The zero-order valence-corrected chi connectivity index (χ0v) is 14.0. The summed E-state index contributed by atoms with van der Waals surface area (Å²) in [5.41, 5.74) is 4.92. The number of hydrogen-bond acceptors (Lipinski definition) is 1. The molecule has 0 saturated carbocycles. The summed E-state index contributed by atoms with van der Waals surface area (Å²) in [5, 5.41) is 11.5. The van der Waals surface area contributed by atoms with Crippen molar-refractivity contribution >= 4 is 38.2 Å². The first-order valence-corrected chi connectivity index (χ1v) is 7.88. The molecule has 0 heterocycles. The predicted octanol–water partition coefficient (Wildman–Crippen LogP) is 3.83. The standard InChI is InChI=1S/C14H11BrN2O2.ClH.Co/c15-12-6-7-13(18)11(8-12)9-16-17-14(19)10-4-2-1-3-5-10;;/h1-9H,(H2,16,17,18,19);1H;/q;;+2. The third kappa shape index (κ3) is 5.89. The maximum atomic E-state index is 9.70. The normalized spacial score (nSPS) is 9.86. The number of halogens is 2. The summed E-state index contributed by atoms with van der Waals surface area (Å²) >= 11 is 6.36. The summed E-state index contributed by atoms with van der Waals surface area (Å²) in [6, 6.07) is 14.2. The van der Waals surface area contributed by atoms with Crippen LogP contribution in [0.3, 0.4) is 0 Å². The molecular weight excluding hydrogens is 402 g/mol. The van der Waals surface area contributed by atoms with Gasteiger partial charge in [0.05, 0.1) is 11.1 Å². The van der Waals surface area contributed by atoms with Crippen molar-refractivity contribution in [3.63, 3.8) is 0 Å². The molecule has 0 aliphatic rings. The van der Waals surface area contributed by atoms with Crippen LogP contribution in [0.1, 0.15) is 11.1 Å². The predicted molar refractivity (Wildman–Crippen MR) is 86.5 cm³/mol. The Morgan fingerprint density at radius 2 is 1.90 bits per heavy atom. The van der Waals surface area contributed by atoms with Gasteiger partial charge >= 0.3 is 25.0 Å². The second kappa shape index (κ2) is 9.57. The summed E-state index contributed by atoms with van der Waals surface area (Å²) in [6.07, 6.45) is 1.44. The number of hydrogen-bond donors (Lipinski definition) is 0. The van der Waals surface area contributed by atoms with E-state index in [1.54, 1.807) is 42.5 Å². The molecule has 3 N–H and O–H groups in total. The molecule has 0 saturated heterocycles. The minimum absolute atomic E-state index is 0.154. The van der Waals surface area contributed by atoms with E-state index in [1.807, 2.05) is 6.07 Å². The van der Waals surface area contributed by atoms with E-state index in [9.17, 15) is 4.79 Å². The fourth-order valence-electron chi connectivity index (χ4n) is 1.43. The monoisotopic (exact) mass is 413 g/mol. The summed E-state index contributed by atoms with van der Waals surface area (Å²) in [4.78, 5) is 9.70. The molecule has 0 fully saturated rings. The van der Waals surface area contributed by atoms with Gasteiger partial charge in [0, 0.05) is 16.8 Å². The van der Waals surface area contributed by atoms with Gasteiger partial charge in [0.25, 0.3) is 11.7 Å². The minimum atomic E-state index is -0.154. The van der Waals surface area contributed by atoms with Crippen LogP contribution in [-0.2, 0) is 14.8 Å². The number of rotatable bonds is 3. The molecule has 2 rings (SSSR count). The van der Waals surface area contributed by atoms with Crippen LogP contribution < -0.4 is 0 Å². The van der Waals surface area contributed by atoms with Crippen molar-refractivity contribution in [1.82, 2.24) is 0 Å². The van der Waals surface area contributed by atoms with Crippen molar-refractivity contribution in [2.24, 2.45) is 5.10 Å². The quantitative estimate of drug-likeness (QED) is 0.416. The van der Waals surface area contributed by atoms with Crippen molar-refractivity contribution in [2.75, 3.05) is 0 Å². The van der Waals surface area contributed by atoms with E-state index in [1.165, 1.54) is 6.21 Å². The van der Waals surface area contributed by atoms with Crippen LogP contribution >= 0.6 is 26.1 Å². The SMILES string of the molecule is [Cl][Co+].[OH+]=C([N-]N=Cc1cc(Br)ccc1[OH2+])c1ccccc1. The molecule has 2 aromatic rings. The molecular formula is C14H12BrClCoN2O2+2. The first-order chi connectivity index (χ1) is 10.2. The van der Waals surface area contributed by atoms with Gasteiger partial charge in [-0.2, -0.15) is 0 Å². The van der Waals surface area contributed by atoms with Gasteiger partial charge in [0.1, 0.15) is 0 Å².